The average molecular weight is 324 g/mol. The van der Waals surface area contributed by atoms with Crippen molar-refractivity contribution in [1.29, 1.82) is 0 Å². The highest BCUT2D eigenvalue weighted by Gasteiger charge is 2.08. The standard InChI is InChI=1S/C16H15ClFNOS/c1-11-6-7-13(18)14(10-11)19-16(20)8-9-21-15-5-3-2-4-12(15)17/h2-7,10H,8-9H2,1H3,(H,19,20). The third-order valence-electron chi connectivity index (χ3n) is 2.82. The Labute approximate surface area is 132 Å². The van der Waals surface area contributed by atoms with Crippen LogP contribution in [0.2, 0.25) is 5.02 Å². The van der Waals surface area contributed by atoms with E-state index in [0.717, 1.165) is 10.5 Å². The summed E-state index contributed by atoms with van der Waals surface area (Å²) in [5, 5.41) is 3.27. The van der Waals surface area contributed by atoms with Crippen molar-refractivity contribution >= 4 is 35.0 Å². The van der Waals surface area contributed by atoms with E-state index in [1.807, 2.05) is 31.2 Å². The molecular formula is C16H15ClFNOS. The molecule has 2 aromatic carbocycles. The van der Waals surface area contributed by atoms with Crippen LogP contribution in [-0.2, 0) is 4.79 Å². The number of carbonyl (C=O) groups excluding carboxylic acids is 1. The molecule has 2 nitrogen and oxygen atoms in total. The summed E-state index contributed by atoms with van der Waals surface area (Å²) in [5.41, 5.74) is 1.12. The molecule has 0 fully saturated rings. The minimum absolute atomic E-state index is 0.209. The average Bonchev–Trinajstić information content (AvgIpc) is 2.45. The third-order valence-corrected chi connectivity index (χ3v) is 4.34. The van der Waals surface area contributed by atoms with Gasteiger partial charge in [-0.2, -0.15) is 0 Å². The number of hydrogen-bond acceptors (Lipinski definition) is 2. The summed E-state index contributed by atoms with van der Waals surface area (Å²) in [6.07, 6.45) is 0.295. The molecule has 1 amide bonds. The van der Waals surface area contributed by atoms with Gasteiger partial charge in [0.1, 0.15) is 5.82 Å². The largest absolute Gasteiger partial charge is 0.324 e. The molecule has 1 N–H and O–H groups in total. The lowest BCUT2D eigenvalue weighted by atomic mass is 10.2. The lowest BCUT2D eigenvalue weighted by Crippen LogP contribution is -2.13. The molecule has 0 aliphatic heterocycles. The van der Waals surface area contributed by atoms with Gasteiger partial charge in [-0.15, -0.1) is 11.8 Å². The van der Waals surface area contributed by atoms with Crippen LogP contribution in [0.25, 0.3) is 0 Å². The number of halogens is 2. The van der Waals surface area contributed by atoms with Crippen LogP contribution in [0.15, 0.2) is 47.4 Å². The highest BCUT2D eigenvalue weighted by molar-refractivity contribution is 7.99. The number of hydrogen-bond donors (Lipinski definition) is 1. The second-order valence-corrected chi connectivity index (χ2v) is 6.10. The Bertz CT molecular complexity index is 648. The second kappa shape index (κ2) is 7.48. The van der Waals surface area contributed by atoms with Crippen LogP contribution in [0.5, 0.6) is 0 Å². The van der Waals surface area contributed by atoms with Gasteiger partial charge in [0.15, 0.2) is 0 Å². The zero-order valence-electron chi connectivity index (χ0n) is 11.5. The van der Waals surface area contributed by atoms with Crippen LogP contribution in [-0.4, -0.2) is 11.7 Å². The molecule has 21 heavy (non-hydrogen) atoms. The molecule has 2 rings (SSSR count). The van der Waals surface area contributed by atoms with Gasteiger partial charge in [0.05, 0.1) is 10.7 Å². The Balaban J connectivity index is 1.85. The minimum atomic E-state index is -0.423. The van der Waals surface area contributed by atoms with E-state index in [-0.39, 0.29) is 11.6 Å². The number of rotatable bonds is 5. The van der Waals surface area contributed by atoms with Crippen molar-refractivity contribution in [3.05, 3.63) is 58.9 Å². The molecular weight excluding hydrogens is 309 g/mol. The Morgan fingerprint density at radius 3 is 2.81 bits per heavy atom. The van der Waals surface area contributed by atoms with E-state index in [0.29, 0.717) is 17.2 Å². The number of aryl methyl sites for hydroxylation is 1. The maximum Gasteiger partial charge on any atom is 0.225 e. The number of carbonyl (C=O) groups is 1. The SMILES string of the molecule is Cc1ccc(F)c(NC(=O)CCSc2ccccc2Cl)c1. The lowest BCUT2D eigenvalue weighted by Gasteiger charge is -2.07. The van der Waals surface area contributed by atoms with Crippen LogP contribution in [0.1, 0.15) is 12.0 Å². The number of nitrogens with one attached hydrogen (secondary N) is 1. The van der Waals surface area contributed by atoms with E-state index < -0.39 is 5.82 Å². The van der Waals surface area contributed by atoms with Crippen molar-refractivity contribution in [2.45, 2.75) is 18.2 Å². The molecule has 0 saturated carbocycles. The van der Waals surface area contributed by atoms with Gasteiger partial charge in [-0.25, -0.2) is 4.39 Å². The quantitative estimate of drug-likeness (QED) is 0.792. The van der Waals surface area contributed by atoms with Gasteiger partial charge in [0, 0.05) is 17.1 Å². The Hall–Kier alpha value is -1.52. The van der Waals surface area contributed by atoms with Gasteiger partial charge >= 0.3 is 0 Å². The van der Waals surface area contributed by atoms with Gasteiger partial charge in [0.25, 0.3) is 0 Å². The summed E-state index contributed by atoms with van der Waals surface area (Å²) >= 11 is 7.54. The summed E-state index contributed by atoms with van der Waals surface area (Å²) in [4.78, 5) is 12.8. The fraction of sp³-hybridized carbons (Fsp3) is 0.188. The van der Waals surface area contributed by atoms with Gasteiger partial charge in [-0.3, -0.25) is 4.79 Å². The molecule has 2 aromatic rings. The van der Waals surface area contributed by atoms with Crippen molar-refractivity contribution in [3.63, 3.8) is 0 Å². The molecule has 0 bridgehead atoms. The number of amides is 1. The first-order chi connectivity index (χ1) is 10.1. The van der Waals surface area contributed by atoms with Crippen LogP contribution >= 0.6 is 23.4 Å². The molecule has 0 aromatic heterocycles. The Kier molecular flexibility index (Phi) is 5.65. The van der Waals surface area contributed by atoms with Crippen molar-refractivity contribution < 1.29 is 9.18 Å². The maximum atomic E-state index is 13.5. The maximum absolute atomic E-state index is 13.5. The summed E-state index contributed by atoms with van der Waals surface area (Å²) in [5.74, 6) is -0.0463. The summed E-state index contributed by atoms with van der Waals surface area (Å²) < 4.78 is 13.5. The molecule has 5 heteroatoms. The number of benzene rings is 2. The molecule has 0 heterocycles. The van der Waals surface area contributed by atoms with Gasteiger partial charge in [-0.1, -0.05) is 29.8 Å². The van der Waals surface area contributed by atoms with E-state index in [9.17, 15) is 9.18 Å². The summed E-state index contributed by atoms with van der Waals surface area (Å²) in [6, 6.07) is 12.1. The molecule has 0 radical (unpaired) electrons. The monoisotopic (exact) mass is 323 g/mol. The Morgan fingerprint density at radius 2 is 2.05 bits per heavy atom. The molecule has 0 spiro atoms. The topological polar surface area (TPSA) is 29.1 Å². The van der Waals surface area contributed by atoms with Crippen molar-refractivity contribution in [2.75, 3.05) is 11.1 Å². The van der Waals surface area contributed by atoms with Gasteiger partial charge < -0.3 is 5.32 Å². The van der Waals surface area contributed by atoms with Crippen LogP contribution in [0, 0.1) is 12.7 Å². The van der Waals surface area contributed by atoms with Crippen LogP contribution in [0.4, 0.5) is 10.1 Å². The zero-order chi connectivity index (χ0) is 15.2. The normalized spacial score (nSPS) is 10.4. The minimum Gasteiger partial charge on any atom is -0.324 e. The van der Waals surface area contributed by atoms with E-state index in [4.69, 9.17) is 11.6 Å². The van der Waals surface area contributed by atoms with E-state index in [1.165, 1.54) is 17.8 Å². The van der Waals surface area contributed by atoms with Crippen molar-refractivity contribution in [1.82, 2.24) is 0 Å². The van der Waals surface area contributed by atoms with E-state index >= 15 is 0 Å². The first-order valence-corrected chi connectivity index (χ1v) is 7.86. The summed E-state index contributed by atoms with van der Waals surface area (Å²) in [7, 11) is 0. The van der Waals surface area contributed by atoms with E-state index in [1.54, 1.807) is 12.1 Å². The lowest BCUT2D eigenvalue weighted by molar-refractivity contribution is -0.115. The van der Waals surface area contributed by atoms with Gasteiger partial charge in [-0.05, 0) is 36.8 Å². The predicted molar refractivity (Wildman–Crippen MR) is 86.6 cm³/mol. The number of thioether (sulfide) groups is 1. The van der Waals surface area contributed by atoms with Crippen LogP contribution in [0.3, 0.4) is 0 Å². The third kappa shape index (κ3) is 4.76. The smallest absolute Gasteiger partial charge is 0.225 e. The molecule has 0 atom stereocenters. The van der Waals surface area contributed by atoms with E-state index in [2.05, 4.69) is 5.32 Å². The highest BCUT2D eigenvalue weighted by Crippen LogP contribution is 2.27. The fourth-order valence-electron chi connectivity index (χ4n) is 1.76. The zero-order valence-corrected chi connectivity index (χ0v) is 13.1. The molecule has 0 aliphatic carbocycles. The second-order valence-electron chi connectivity index (χ2n) is 4.56. The summed E-state index contributed by atoms with van der Waals surface area (Å²) in [6.45, 7) is 1.85. The van der Waals surface area contributed by atoms with Crippen molar-refractivity contribution in [2.24, 2.45) is 0 Å². The number of anilines is 1. The highest BCUT2D eigenvalue weighted by atomic mass is 35.5. The Morgan fingerprint density at radius 1 is 1.29 bits per heavy atom. The van der Waals surface area contributed by atoms with Gasteiger partial charge in [0.2, 0.25) is 5.91 Å². The molecule has 110 valence electrons. The molecule has 0 saturated heterocycles. The van der Waals surface area contributed by atoms with Crippen molar-refractivity contribution in [3.8, 4) is 0 Å². The first-order valence-electron chi connectivity index (χ1n) is 6.49. The molecule has 0 unspecified atom stereocenters. The van der Waals surface area contributed by atoms with Crippen LogP contribution < -0.4 is 5.32 Å². The fourth-order valence-corrected chi connectivity index (χ4v) is 2.95. The first kappa shape index (κ1) is 15.9. The predicted octanol–water partition coefficient (Wildman–Crippen LogP) is 4.91. The molecule has 0 aliphatic rings.